The van der Waals surface area contributed by atoms with Gasteiger partial charge < -0.3 is 0 Å². The molecule has 24 heavy (non-hydrogen) atoms. The predicted molar refractivity (Wildman–Crippen MR) is 78.9 cm³/mol. The first-order valence-electron chi connectivity index (χ1n) is 6.47. The van der Waals surface area contributed by atoms with E-state index < -0.39 is 29.3 Å². The van der Waals surface area contributed by atoms with Crippen LogP contribution in [0.4, 0.5) is 27.1 Å². The van der Waals surface area contributed by atoms with Crippen molar-refractivity contribution in [3.8, 4) is 0 Å². The smallest absolute Gasteiger partial charge is 0.298 e. The minimum absolute atomic E-state index is 0.0268. The summed E-state index contributed by atoms with van der Waals surface area (Å²) in [4.78, 5) is 15.9. The van der Waals surface area contributed by atoms with Gasteiger partial charge in [0.15, 0.2) is 5.13 Å². The number of alkyl halides is 3. The SMILES string of the molecule is O=C(Nc1nc2ccc(C(F)(F)F)cc2s1)c1cc(F)cc(F)c1. The molecule has 0 atom stereocenters. The van der Waals surface area contributed by atoms with E-state index in [1.807, 2.05) is 0 Å². The highest BCUT2D eigenvalue weighted by Gasteiger charge is 2.30. The van der Waals surface area contributed by atoms with Crippen molar-refractivity contribution in [2.45, 2.75) is 6.18 Å². The average Bonchev–Trinajstić information content (AvgIpc) is 2.86. The second-order valence-corrected chi connectivity index (χ2v) is 5.84. The summed E-state index contributed by atoms with van der Waals surface area (Å²) in [6.07, 6.45) is -4.49. The summed E-state index contributed by atoms with van der Waals surface area (Å²) in [5.74, 6) is -2.65. The monoisotopic (exact) mass is 358 g/mol. The summed E-state index contributed by atoms with van der Waals surface area (Å²) in [6, 6.07) is 5.29. The molecule has 0 saturated carbocycles. The molecule has 0 radical (unpaired) electrons. The molecule has 1 amide bonds. The number of thiazole rings is 1. The number of benzene rings is 2. The van der Waals surface area contributed by atoms with Crippen molar-refractivity contribution in [2.75, 3.05) is 5.32 Å². The molecule has 3 aromatic rings. The van der Waals surface area contributed by atoms with E-state index >= 15 is 0 Å². The van der Waals surface area contributed by atoms with E-state index in [-0.39, 0.29) is 20.9 Å². The fraction of sp³-hybridized carbons (Fsp3) is 0.0667. The van der Waals surface area contributed by atoms with E-state index in [9.17, 15) is 26.7 Å². The number of aromatic nitrogens is 1. The third-order valence-corrected chi connectivity index (χ3v) is 3.99. The number of nitrogens with zero attached hydrogens (tertiary/aromatic N) is 1. The second kappa shape index (κ2) is 5.82. The van der Waals surface area contributed by atoms with Crippen molar-refractivity contribution in [3.05, 3.63) is 59.2 Å². The zero-order valence-electron chi connectivity index (χ0n) is 11.6. The third kappa shape index (κ3) is 3.35. The maximum atomic E-state index is 13.1. The van der Waals surface area contributed by atoms with Gasteiger partial charge >= 0.3 is 6.18 Å². The minimum Gasteiger partial charge on any atom is -0.298 e. The molecular formula is C15H7F5N2OS. The highest BCUT2D eigenvalue weighted by molar-refractivity contribution is 7.22. The zero-order chi connectivity index (χ0) is 17.5. The van der Waals surface area contributed by atoms with Crippen molar-refractivity contribution in [1.29, 1.82) is 0 Å². The fourth-order valence-corrected chi connectivity index (χ4v) is 2.91. The van der Waals surface area contributed by atoms with E-state index in [1.54, 1.807) is 0 Å². The number of carbonyl (C=O) groups is 1. The molecule has 3 nitrogen and oxygen atoms in total. The first-order valence-corrected chi connectivity index (χ1v) is 7.29. The van der Waals surface area contributed by atoms with Crippen molar-refractivity contribution in [1.82, 2.24) is 4.98 Å². The fourth-order valence-electron chi connectivity index (χ4n) is 2.01. The maximum absolute atomic E-state index is 13.1. The third-order valence-electron chi connectivity index (χ3n) is 3.06. The van der Waals surface area contributed by atoms with E-state index in [1.165, 1.54) is 6.07 Å². The molecule has 0 saturated heterocycles. The van der Waals surface area contributed by atoms with E-state index in [0.29, 0.717) is 6.07 Å². The van der Waals surface area contributed by atoms with Crippen LogP contribution in [0.1, 0.15) is 15.9 Å². The number of nitrogens with one attached hydrogen (secondary N) is 1. The van der Waals surface area contributed by atoms with Gasteiger partial charge in [0.1, 0.15) is 11.6 Å². The van der Waals surface area contributed by atoms with Gasteiger partial charge in [-0.05, 0) is 30.3 Å². The number of fused-ring (bicyclic) bond motifs is 1. The Kier molecular flexibility index (Phi) is 3.96. The summed E-state index contributed by atoms with van der Waals surface area (Å²) >= 11 is 0.828. The number of anilines is 1. The number of amides is 1. The van der Waals surface area contributed by atoms with Crippen LogP contribution in [0.3, 0.4) is 0 Å². The molecule has 0 aliphatic carbocycles. The van der Waals surface area contributed by atoms with Gasteiger partial charge in [-0.15, -0.1) is 0 Å². The molecule has 124 valence electrons. The summed E-state index contributed by atoms with van der Waals surface area (Å²) in [7, 11) is 0. The average molecular weight is 358 g/mol. The Morgan fingerprint density at radius 2 is 1.71 bits per heavy atom. The molecule has 3 rings (SSSR count). The molecule has 9 heteroatoms. The number of rotatable bonds is 2. The molecule has 0 spiro atoms. The van der Waals surface area contributed by atoms with Crippen LogP contribution in [0.25, 0.3) is 10.2 Å². The normalized spacial score (nSPS) is 11.7. The Bertz CT molecular complexity index is 915. The molecule has 1 N–H and O–H groups in total. The van der Waals surface area contributed by atoms with Gasteiger partial charge in [0.25, 0.3) is 5.91 Å². The van der Waals surface area contributed by atoms with E-state index in [4.69, 9.17) is 0 Å². The summed E-state index contributed by atoms with van der Waals surface area (Å²) in [5.41, 5.74) is -0.819. The van der Waals surface area contributed by atoms with Crippen molar-refractivity contribution < 1.29 is 26.7 Å². The van der Waals surface area contributed by atoms with Gasteiger partial charge in [-0.3, -0.25) is 10.1 Å². The topological polar surface area (TPSA) is 42.0 Å². The van der Waals surface area contributed by atoms with Gasteiger partial charge in [-0.2, -0.15) is 13.2 Å². The Balaban J connectivity index is 1.88. The van der Waals surface area contributed by atoms with Crippen molar-refractivity contribution in [2.24, 2.45) is 0 Å². The Labute approximate surface area is 135 Å². The first kappa shape index (κ1) is 16.3. The minimum atomic E-state index is -4.49. The quantitative estimate of drug-likeness (QED) is 0.666. The van der Waals surface area contributed by atoms with Crippen LogP contribution in [-0.4, -0.2) is 10.9 Å². The van der Waals surface area contributed by atoms with Crippen LogP contribution < -0.4 is 5.32 Å². The lowest BCUT2D eigenvalue weighted by Crippen LogP contribution is -2.12. The lowest BCUT2D eigenvalue weighted by Gasteiger charge is -2.04. The molecule has 0 bridgehead atoms. The number of hydrogen-bond acceptors (Lipinski definition) is 3. The van der Waals surface area contributed by atoms with Crippen LogP contribution in [0.15, 0.2) is 36.4 Å². The maximum Gasteiger partial charge on any atom is 0.416 e. The highest BCUT2D eigenvalue weighted by Crippen LogP contribution is 2.34. The predicted octanol–water partition coefficient (Wildman–Crippen LogP) is 4.85. The van der Waals surface area contributed by atoms with Crippen LogP contribution >= 0.6 is 11.3 Å². The largest absolute Gasteiger partial charge is 0.416 e. The summed E-state index contributed by atoms with van der Waals surface area (Å²) < 4.78 is 64.5. The standard InChI is InChI=1S/C15H7F5N2OS/c16-9-3-7(4-10(17)6-9)13(23)22-14-21-11-2-1-8(15(18,19)20)5-12(11)24-14/h1-6H,(H,21,22,23). The van der Waals surface area contributed by atoms with Crippen LogP contribution in [-0.2, 0) is 6.18 Å². The number of halogens is 5. The van der Waals surface area contributed by atoms with Crippen molar-refractivity contribution in [3.63, 3.8) is 0 Å². The number of hydrogen-bond donors (Lipinski definition) is 1. The number of carbonyl (C=O) groups excluding carboxylic acids is 1. The van der Waals surface area contributed by atoms with Gasteiger partial charge in [0.2, 0.25) is 0 Å². The molecule has 0 aliphatic heterocycles. The summed E-state index contributed by atoms with van der Waals surface area (Å²) in [6.45, 7) is 0. The molecule has 1 heterocycles. The van der Waals surface area contributed by atoms with Crippen molar-refractivity contribution >= 4 is 32.6 Å². The van der Waals surface area contributed by atoms with Crippen LogP contribution in [0.2, 0.25) is 0 Å². The molecular weight excluding hydrogens is 351 g/mol. The van der Waals surface area contributed by atoms with Gasteiger partial charge in [0.05, 0.1) is 15.8 Å². The van der Waals surface area contributed by atoms with Gasteiger partial charge in [-0.1, -0.05) is 11.3 Å². The lowest BCUT2D eigenvalue weighted by atomic mass is 10.2. The van der Waals surface area contributed by atoms with Crippen LogP contribution in [0, 0.1) is 11.6 Å². The van der Waals surface area contributed by atoms with Gasteiger partial charge in [0, 0.05) is 11.6 Å². The molecule has 1 aromatic heterocycles. The first-order chi connectivity index (χ1) is 11.2. The summed E-state index contributed by atoms with van der Waals surface area (Å²) in [5, 5.41) is 2.34. The van der Waals surface area contributed by atoms with E-state index in [0.717, 1.165) is 35.6 Å². The Morgan fingerprint density at radius 3 is 2.33 bits per heavy atom. The van der Waals surface area contributed by atoms with Gasteiger partial charge in [-0.25, -0.2) is 13.8 Å². The Morgan fingerprint density at radius 1 is 1.04 bits per heavy atom. The zero-order valence-corrected chi connectivity index (χ0v) is 12.4. The second-order valence-electron chi connectivity index (χ2n) is 4.81. The van der Waals surface area contributed by atoms with E-state index in [2.05, 4.69) is 10.3 Å². The molecule has 0 fully saturated rings. The Hall–Kier alpha value is -2.55. The molecule has 0 unspecified atom stereocenters. The molecule has 0 aliphatic rings. The molecule has 2 aromatic carbocycles. The highest BCUT2D eigenvalue weighted by atomic mass is 32.1. The lowest BCUT2D eigenvalue weighted by molar-refractivity contribution is -0.137. The van der Waals surface area contributed by atoms with Crippen LogP contribution in [0.5, 0.6) is 0 Å².